The predicted octanol–water partition coefficient (Wildman–Crippen LogP) is 17.4. The summed E-state index contributed by atoms with van der Waals surface area (Å²) in [5.41, 5.74) is 21.6. The third-order valence-corrected chi connectivity index (χ3v) is 65.8. The van der Waals surface area contributed by atoms with Gasteiger partial charge in [0.1, 0.15) is 0 Å². The SMILES string of the molecule is CCCCC1=Cc2c(ccc(CC)c2-c2ccccc2-c2ccccc2)[CH]1[Zr]([Cl])([Cl])([CH]1C(CCCC)=Cc2c1ccc(CC)c2-c1ccccc1-c1ccccc1)[SiH](C)C. The average molecular weight is 924 g/mol. The zero-order chi connectivity index (χ0) is 42.0. The van der Waals surface area contributed by atoms with E-state index in [2.05, 4.69) is 186 Å². The van der Waals surface area contributed by atoms with Crippen LogP contribution in [0.3, 0.4) is 0 Å². The summed E-state index contributed by atoms with van der Waals surface area (Å²) in [4.78, 5) is 0. The van der Waals surface area contributed by atoms with Gasteiger partial charge >= 0.3 is 373 Å². The van der Waals surface area contributed by atoms with E-state index in [9.17, 15) is 0 Å². The molecule has 6 aromatic rings. The molecule has 2 aliphatic rings. The van der Waals surface area contributed by atoms with Gasteiger partial charge < -0.3 is 0 Å². The van der Waals surface area contributed by atoms with Crippen LogP contribution in [0.2, 0.25) is 13.1 Å². The minimum absolute atomic E-state index is 0.0587. The molecule has 0 heterocycles. The maximum absolute atomic E-state index is 9.10. The van der Waals surface area contributed by atoms with Gasteiger partial charge in [0.25, 0.3) is 0 Å². The number of unbranched alkanes of at least 4 members (excludes halogenated alkanes) is 2. The Bertz CT molecular complexity index is 2390. The Morgan fingerprint density at radius 3 is 1.18 bits per heavy atom. The summed E-state index contributed by atoms with van der Waals surface area (Å²) in [5.74, 6) is -1.76. The second-order valence-electron chi connectivity index (χ2n) is 17.6. The van der Waals surface area contributed by atoms with Crippen LogP contribution in [-0.4, -0.2) is 5.92 Å². The normalized spacial score (nSPS) is 16.6. The topological polar surface area (TPSA) is 0 Å². The molecule has 0 saturated carbocycles. The van der Waals surface area contributed by atoms with Crippen LogP contribution in [0.5, 0.6) is 0 Å². The molecule has 0 aliphatic heterocycles. The molecule has 0 spiro atoms. The van der Waals surface area contributed by atoms with E-state index >= 15 is 0 Å². The summed E-state index contributed by atoms with van der Waals surface area (Å²) in [7, 11) is 18.2. The van der Waals surface area contributed by atoms with Crippen molar-refractivity contribution in [2.75, 3.05) is 0 Å². The van der Waals surface area contributed by atoms with Crippen LogP contribution in [-0.2, 0) is 28.4 Å². The molecular weight excluding hydrogens is 863 g/mol. The summed E-state index contributed by atoms with van der Waals surface area (Å²) in [6.45, 7) is 14.3. The second-order valence-corrected chi connectivity index (χ2v) is 60.1. The molecule has 6 aromatic carbocycles. The van der Waals surface area contributed by atoms with E-state index in [1.807, 2.05) is 0 Å². The van der Waals surface area contributed by atoms with Gasteiger partial charge in [-0.3, -0.25) is 0 Å². The van der Waals surface area contributed by atoms with E-state index in [1.54, 1.807) is 0 Å². The van der Waals surface area contributed by atoms with Crippen molar-refractivity contribution in [3.8, 4) is 44.5 Å². The van der Waals surface area contributed by atoms with Crippen LogP contribution in [0, 0.1) is 0 Å². The first-order chi connectivity index (χ1) is 29.2. The fourth-order valence-electron chi connectivity index (χ4n) is 10.8. The third-order valence-electron chi connectivity index (χ3n) is 13.9. The summed E-state index contributed by atoms with van der Waals surface area (Å²) < 4.78 is 0.117. The molecule has 4 heteroatoms. The number of allylic oxidation sites excluding steroid dienone is 2. The van der Waals surface area contributed by atoms with Gasteiger partial charge in [-0.05, 0) is 0 Å². The zero-order valence-corrected chi connectivity index (χ0v) is 41.6. The molecular formula is C56H61Cl2SiZr. The Balaban J connectivity index is 1.39. The summed E-state index contributed by atoms with van der Waals surface area (Å²) in [5, 5.41) is 0. The zero-order valence-electron chi connectivity index (χ0n) is 36.5. The molecule has 2 aliphatic carbocycles. The van der Waals surface area contributed by atoms with E-state index in [0.29, 0.717) is 0 Å². The van der Waals surface area contributed by atoms with Crippen LogP contribution in [0.15, 0.2) is 145 Å². The van der Waals surface area contributed by atoms with E-state index in [1.165, 1.54) is 89.0 Å². The first-order valence-corrected chi connectivity index (χ1v) is 39.1. The van der Waals surface area contributed by atoms with E-state index < -0.39 is 21.5 Å². The maximum atomic E-state index is 9.10. The van der Waals surface area contributed by atoms with Crippen molar-refractivity contribution >= 4 is 35.1 Å². The average Bonchev–Trinajstić information content (AvgIpc) is 3.87. The quantitative estimate of drug-likeness (QED) is 0.0901. The van der Waals surface area contributed by atoms with Gasteiger partial charge in [0.2, 0.25) is 0 Å². The van der Waals surface area contributed by atoms with Crippen molar-refractivity contribution in [3.63, 3.8) is 0 Å². The number of halogens is 2. The van der Waals surface area contributed by atoms with E-state index in [4.69, 9.17) is 17.0 Å². The predicted molar refractivity (Wildman–Crippen MR) is 264 cm³/mol. The Hall–Kier alpha value is -3.52. The van der Waals surface area contributed by atoms with Crippen molar-refractivity contribution in [1.29, 1.82) is 0 Å². The third kappa shape index (κ3) is 7.46. The van der Waals surface area contributed by atoms with Crippen LogP contribution < -0.4 is 0 Å². The molecule has 0 bridgehead atoms. The fraction of sp³-hybridized carbons (Fsp3) is 0.286. The van der Waals surface area contributed by atoms with Crippen molar-refractivity contribution in [3.05, 3.63) is 178 Å². The fourth-order valence-corrected chi connectivity index (χ4v) is 42.3. The monoisotopic (exact) mass is 921 g/mol. The molecule has 0 aromatic heterocycles. The van der Waals surface area contributed by atoms with E-state index in [-0.39, 0.29) is 7.25 Å². The van der Waals surface area contributed by atoms with Crippen LogP contribution in [0.4, 0.5) is 0 Å². The number of hydrogen-bond acceptors (Lipinski definition) is 0. The first kappa shape index (κ1) is 43.1. The second kappa shape index (κ2) is 18.1. The summed E-state index contributed by atoms with van der Waals surface area (Å²) >= 11 is -5.08. The number of hydrogen-bond donors (Lipinski definition) is 0. The molecule has 0 fully saturated rings. The molecule has 2 unspecified atom stereocenters. The van der Waals surface area contributed by atoms with Crippen molar-refractivity contribution in [1.82, 2.24) is 0 Å². The minimum atomic E-state index is -5.08. The molecule has 2 atom stereocenters. The van der Waals surface area contributed by atoms with Crippen molar-refractivity contribution in [2.45, 2.75) is 99.4 Å². The molecule has 8 rings (SSSR count). The molecule has 0 radical (unpaired) electrons. The summed E-state index contributed by atoms with van der Waals surface area (Å²) in [6.07, 6.45) is 13.7. The van der Waals surface area contributed by atoms with E-state index in [0.717, 1.165) is 51.4 Å². The van der Waals surface area contributed by atoms with Crippen molar-refractivity contribution < 1.29 is 15.6 Å². The van der Waals surface area contributed by atoms with Gasteiger partial charge in [-0.2, -0.15) is 0 Å². The van der Waals surface area contributed by atoms with Gasteiger partial charge in [0.15, 0.2) is 0 Å². The summed E-state index contributed by atoms with van der Waals surface area (Å²) in [6, 6.07) is 49.6. The molecule has 307 valence electrons. The van der Waals surface area contributed by atoms with Gasteiger partial charge in [0, 0.05) is 0 Å². The van der Waals surface area contributed by atoms with Gasteiger partial charge in [-0.1, -0.05) is 0 Å². The van der Waals surface area contributed by atoms with Crippen molar-refractivity contribution in [2.24, 2.45) is 0 Å². The Morgan fingerprint density at radius 1 is 0.467 bits per heavy atom. The van der Waals surface area contributed by atoms with Crippen LogP contribution >= 0.6 is 17.0 Å². The first-order valence-electron chi connectivity index (χ1n) is 22.7. The molecule has 0 saturated heterocycles. The van der Waals surface area contributed by atoms with Gasteiger partial charge in [-0.25, -0.2) is 0 Å². The molecule has 0 nitrogen and oxygen atoms in total. The molecule has 0 amide bonds. The number of benzene rings is 6. The molecule has 60 heavy (non-hydrogen) atoms. The Labute approximate surface area is 369 Å². The number of fused-ring (bicyclic) bond motifs is 2. The number of rotatable bonds is 15. The van der Waals surface area contributed by atoms with Gasteiger partial charge in [-0.15, -0.1) is 0 Å². The standard InChI is InChI=1S/2C27H27.C2H7Si.2ClH.Zr/c2*1-3-5-11-20-18-23-17-16-21(4-2)27(26(23)19-20)25-15-10-9-14-24(25)22-12-7-6-8-13-22;1-3-2;;;/h2*6-10,12-19H,3-5,11H2,1-2H3;3H,1-2H3;2*1H;/q;;;;;+2/p-2. The van der Waals surface area contributed by atoms with Gasteiger partial charge in [0.05, 0.1) is 0 Å². The molecule has 0 N–H and O–H groups in total. The number of aryl methyl sites for hydroxylation is 2. The Kier molecular flexibility index (Phi) is 13.0. The van der Waals surface area contributed by atoms with Crippen LogP contribution in [0.25, 0.3) is 56.7 Å². The van der Waals surface area contributed by atoms with Crippen LogP contribution in [0.1, 0.15) is 107 Å². The Morgan fingerprint density at radius 2 is 0.833 bits per heavy atom.